The molecule has 2 rings (SSSR count). The summed E-state index contributed by atoms with van der Waals surface area (Å²) in [6, 6.07) is 0.197. The van der Waals surface area contributed by atoms with E-state index in [1.807, 2.05) is 5.38 Å². The predicted molar refractivity (Wildman–Crippen MR) is 66.6 cm³/mol. The Balaban J connectivity index is 2.16. The van der Waals surface area contributed by atoms with Gasteiger partial charge in [-0.25, -0.2) is 19.4 Å². The van der Waals surface area contributed by atoms with Gasteiger partial charge in [-0.05, 0) is 19.9 Å². The molecule has 0 saturated carbocycles. The van der Waals surface area contributed by atoms with Crippen LogP contribution in [0.5, 0.6) is 0 Å². The van der Waals surface area contributed by atoms with Crippen molar-refractivity contribution in [1.82, 2.24) is 25.1 Å². The van der Waals surface area contributed by atoms with E-state index >= 15 is 0 Å². The van der Waals surface area contributed by atoms with E-state index < -0.39 is 0 Å². The second-order valence-electron chi connectivity index (χ2n) is 3.76. The molecule has 0 saturated heterocycles. The largest absolute Gasteiger partial charge is 0.349 e. The number of hydrogen-bond acceptors (Lipinski definition) is 5. The van der Waals surface area contributed by atoms with Gasteiger partial charge < -0.3 is 5.32 Å². The highest BCUT2D eigenvalue weighted by Crippen LogP contribution is 2.18. The van der Waals surface area contributed by atoms with Crippen LogP contribution in [0, 0.1) is 0 Å². The summed E-state index contributed by atoms with van der Waals surface area (Å²) in [7, 11) is 0. The van der Waals surface area contributed by atoms with Gasteiger partial charge in [0.05, 0.1) is 5.69 Å². The Morgan fingerprint density at radius 3 is 3.12 bits per heavy atom. The second kappa shape index (κ2) is 5.24. The minimum Gasteiger partial charge on any atom is -0.309 e. The number of thiazole rings is 1. The molecule has 17 heavy (non-hydrogen) atoms. The molecule has 2 heterocycles. The lowest BCUT2D eigenvalue weighted by Gasteiger charge is -2.09. The number of rotatable bonds is 5. The Kier molecular flexibility index (Phi) is 3.70. The second-order valence-corrected chi connectivity index (χ2v) is 4.60. The van der Waals surface area contributed by atoms with E-state index in [1.54, 1.807) is 0 Å². The van der Waals surface area contributed by atoms with E-state index in [-0.39, 0.29) is 11.7 Å². The van der Waals surface area contributed by atoms with Crippen molar-refractivity contribution < 1.29 is 0 Å². The molecule has 2 aromatic rings. The van der Waals surface area contributed by atoms with Crippen LogP contribution in [0.2, 0.25) is 0 Å². The van der Waals surface area contributed by atoms with Crippen LogP contribution in [-0.2, 0) is 0 Å². The molecule has 0 radical (unpaired) electrons. The third-order valence-corrected chi connectivity index (χ3v) is 3.27. The van der Waals surface area contributed by atoms with Crippen molar-refractivity contribution in [1.29, 1.82) is 0 Å². The van der Waals surface area contributed by atoms with Crippen molar-refractivity contribution >= 4 is 11.3 Å². The van der Waals surface area contributed by atoms with Crippen LogP contribution in [0.3, 0.4) is 0 Å². The van der Waals surface area contributed by atoms with Crippen LogP contribution < -0.4 is 11.0 Å². The van der Waals surface area contributed by atoms with E-state index in [4.69, 9.17) is 0 Å². The third-order valence-electron chi connectivity index (χ3n) is 2.41. The smallest absolute Gasteiger partial charge is 0.309 e. The van der Waals surface area contributed by atoms with Crippen molar-refractivity contribution in [2.75, 3.05) is 6.54 Å². The lowest BCUT2D eigenvalue weighted by molar-refractivity contribution is 0.560. The van der Waals surface area contributed by atoms with Crippen LogP contribution >= 0.6 is 11.3 Å². The highest BCUT2D eigenvalue weighted by molar-refractivity contribution is 7.12. The summed E-state index contributed by atoms with van der Waals surface area (Å²) < 4.78 is 1.40. The predicted octanol–water partition coefficient (Wildman–Crippen LogP) is 1.08. The Morgan fingerprint density at radius 2 is 2.47 bits per heavy atom. The van der Waals surface area contributed by atoms with Crippen molar-refractivity contribution in [3.8, 4) is 5.13 Å². The number of H-pyrrole nitrogens is 1. The lowest BCUT2D eigenvalue weighted by atomic mass is 10.2. The minimum atomic E-state index is -0.264. The Hall–Kier alpha value is -1.47. The maximum atomic E-state index is 11.4. The molecule has 1 unspecified atom stereocenters. The normalized spacial score (nSPS) is 12.8. The topological polar surface area (TPSA) is 75.6 Å². The summed E-state index contributed by atoms with van der Waals surface area (Å²) >= 11 is 1.44. The summed E-state index contributed by atoms with van der Waals surface area (Å²) in [6.45, 7) is 5.14. The molecule has 0 spiro atoms. The summed E-state index contributed by atoms with van der Waals surface area (Å²) in [6.07, 6.45) is 2.53. The molecule has 0 amide bonds. The Bertz CT molecular complexity index is 529. The molecule has 0 aliphatic carbocycles. The minimum absolute atomic E-state index is 0.197. The highest BCUT2D eigenvalue weighted by atomic mass is 32.1. The van der Waals surface area contributed by atoms with Crippen LogP contribution in [0.15, 0.2) is 16.5 Å². The fourth-order valence-electron chi connectivity index (χ4n) is 1.44. The maximum absolute atomic E-state index is 11.4. The average molecular weight is 253 g/mol. The number of hydrogen-bond donors (Lipinski definition) is 2. The first kappa shape index (κ1) is 12.0. The molecule has 0 fully saturated rings. The maximum Gasteiger partial charge on any atom is 0.349 e. The van der Waals surface area contributed by atoms with E-state index in [0.29, 0.717) is 5.13 Å². The molecule has 0 aromatic carbocycles. The summed E-state index contributed by atoms with van der Waals surface area (Å²) in [5.41, 5.74) is 0.687. The number of nitrogens with one attached hydrogen (secondary N) is 2. The van der Waals surface area contributed by atoms with Gasteiger partial charge in [-0.15, -0.1) is 11.3 Å². The van der Waals surface area contributed by atoms with Crippen LogP contribution in [0.4, 0.5) is 0 Å². The molecule has 92 valence electrons. The van der Waals surface area contributed by atoms with Gasteiger partial charge in [-0.2, -0.15) is 5.10 Å². The van der Waals surface area contributed by atoms with Gasteiger partial charge in [-0.3, -0.25) is 0 Å². The fraction of sp³-hybridized carbons (Fsp3) is 0.500. The van der Waals surface area contributed by atoms with Crippen molar-refractivity contribution in [3.63, 3.8) is 0 Å². The van der Waals surface area contributed by atoms with Crippen molar-refractivity contribution in [3.05, 3.63) is 27.9 Å². The Labute approximate surface area is 103 Å². The lowest BCUT2D eigenvalue weighted by Crippen LogP contribution is -2.20. The van der Waals surface area contributed by atoms with Gasteiger partial charge in [0.15, 0.2) is 5.13 Å². The zero-order valence-electron chi connectivity index (χ0n) is 9.80. The quantitative estimate of drug-likeness (QED) is 0.836. The third kappa shape index (κ3) is 2.62. The van der Waals surface area contributed by atoms with Crippen molar-refractivity contribution in [2.24, 2.45) is 0 Å². The molecule has 0 bridgehead atoms. The summed E-state index contributed by atoms with van der Waals surface area (Å²) in [5, 5.41) is 12.0. The van der Waals surface area contributed by atoms with Crippen molar-refractivity contribution in [2.45, 2.75) is 26.3 Å². The van der Waals surface area contributed by atoms with Crippen LogP contribution in [0.25, 0.3) is 5.13 Å². The molecule has 2 N–H and O–H groups in total. The van der Waals surface area contributed by atoms with E-state index in [9.17, 15) is 4.79 Å². The number of nitrogens with zero attached hydrogens (tertiary/aromatic N) is 3. The average Bonchev–Trinajstić information content (AvgIpc) is 2.93. The van der Waals surface area contributed by atoms with Gasteiger partial charge in [0.2, 0.25) is 0 Å². The summed E-state index contributed by atoms with van der Waals surface area (Å²) in [4.78, 5) is 15.8. The standard InChI is InChI=1S/C10H15N5OS/c1-3-4-11-7(2)8-5-17-10(13-8)15-6-12-14-9(15)16/h5-7,11H,3-4H2,1-2H3,(H,14,16). The van der Waals surface area contributed by atoms with Crippen LogP contribution in [-0.4, -0.2) is 26.3 Å². The first-order chi connectivity index (χ1) is 8.22. The zero-order valence-corrected chi connectivity index (χ0v) is 10.6. The molecular formula is C10H15N5OS. The number of aromatic nitrogens is 4. The van der Waals surface area contributed by atoms with Crippen LogP contribution in [0.1, 0.15) is 32.0 Å². The fourth-order valence-corrected chi connectivity index (χ4v) is 2.32. The van der Waals surface area contributed by atoms with E-state index in [0.717, 1.165) is 18.7 Å². The molecule has 2 aromatic heterocycles. The molecule has 6 nitrogen and oxygen atoms in total. The highest BCUT2D eigenvalue weighted by Gasteiger charge is 2.11. The Morgan fingerprint density at radius 1 is 1.65 bits per heavy atom. The zero-order chi connectivity index (χ0) is 12.3. The van der Waals surface area contributed by atoms with E-state index in [2.05, 4.69) is 34.3 Å². The van der Waals surface area contributed by atoms with Gasteiger partial charge in [-0.1, -0.05) is 6.92 Å². The SMILES string of the molecule is CCCNC(C)c1csc(-n2cn[nH]c2=O)n1. The molecule has 0 aliphatic heterocycles. The number of aromatic amines is 1. The summed E-state index contributed by atoms with van der Waals surface area (Å²) in [5.74, 6) is 0. The van der Waals surface area contributed by atoms with Gasteiger partial charge >= 0.3 is 5.69 Å². The molecular weight excluding hydrogens is 238 g/mol. The molecule has 1 atom stereocenters. The molecule has 0 aliphatic rings. The first-order valence-electron chi connectivity index (χ1n) is 5.53. The molecule has 7 heteroatoms. The van der Waals surface area contributed by atoms with Gasteiger partial charge in [0.1, 0.15) is 6.33 Å². The van der Waals surface area contributed by atoms with E-state index in [1.165, 1.54) is 22.2 Å². The monoisotopic (exact) mass is 253 g/mol. The first-order valence-corrected chi connectivity index (χ1v) is 6.41. The van der Waals surface area contributed by atoms with Gasteiger partial charge in [0.25, 0.3) is 0 Å². The van der Waals surface area contributed by atoms with Gasteiger partial charge in [0, 0.05) is 11.4 Å².